The van der Waals surface area contributed by atoms with Crippen LogP contribution in [0.1, 0.15) is 52.9 Å². The van der Waals surface area contributed by atoms with Gasteiger partial charge in [0.05, 0.1) is 5.92 Å². The number of hydrogen-bond acceptors (Lipinski definition) is 2. The maximum absolute atomic E-state index is 12.8. The van der Waals surface area contributed by atoms with E-state index in [1.807, 2.05) is 0 Å². The van der Waals surface area contributed by atoms with Gasteiger partial charge in [0.25, 0.3) is 0 Å². The molecule has 2 rings (SSSR count). The second-order valence-corrected chi connectivity index (χ2v) is 7.45. The highest BCUT2D eigenvalue weighted by molar-refractivity contribution is 5.68. The first-order valence-corrected chi connectivity index (χ1v) is 7.55. The quantitative estimate of drug-likeness (QED) is 0.665. The van der Waals surface area contributed by atoms with Crippen LogP contribution in [0.2, 0.25) is 0 Å². The van der Waals surface area contributed by atoms with Crippen molar-refractivity contribution in [3.8, 4) is 0 Å². The number of rotatable bonds is 0. The highest BCUT2D eigenvalue weighted by Crippen LogP contribution is 2.53. The summed E-state index contributed by atoms with van der Waals surface area (Å²) in [5.74, 6) is -1.16. The average molecular weight is 307 g/mol. The van der Waals surface area contributed by atoms with Gasteiger partial charge in [-0.15, -0.1) is 0 Å². The lowest BCUT2D eigenvalue weighted by Crippen LogP contribution is -2.44. The molecule has 21 heavy (non-hydrogen) atoms. The molecule has 0 bridgehead atoms. The Morgan fingerprint density at radius 2 is 1.71 bits per heavy atom. The zero-order valence-electron chi connectivity index (χ0n) is 12.9. The summed E-state index contributed by atoms with van der Waals surface area (Å²) in [6.07, 6.45) is -2.06. The average Bonchev–Trinajstić information content (AvgIpc) is 2.72. The molecule has 2 aliphatic rings. The number of amides is 1. The van der Waals surface area contributed by atoms with Crippen molar-refractivity contribution in [3.63, 3.8) is 0 Å². The summed E-state index contributed by atoms with van der Waals surface area (Å²) in [5.41, 5.74) is -0.764. The van der Waals surface area contributed by atoms with E-state index in [0.29, 0.717) is 32.4 Å². The fourth-order valence-electron chi connectivity index (χ4n) is 3.43. The fourth-order valence-corrected chi connectivity index (χ4v) is 3.43. The summed E-state index contributed by atoms with van der Waals surface area (Å²) >= 11 is 0. The molecule has 1 unspecified atom stereocenters. The lowest BCUT2D eigenvalue weighted by atomic mass is 9.76. The molecular weight excluding hydrogens is 283 g/mol. The number of nitrogens with zero attached hydrogens (tertiary/aromatic N) is 1. The molecule has 1 saturated heterocycles. The topological polar surface area (TPSA) is 29.5 Å². The molecule has 1 amide bonds. The molecule has 6 heteroatoms. The van der Waals surface area contributed by atoms with Crippen molar-refractivity contribution >= 4 is 6.09 Å². The van der Waals surface area contributed by atoms with E-state index in [1.54, 1.807) is 25.7 Å². The maximum atomic E-state index is 12.8. The zero-order chi connectivity index (χ0) is 15.9. The lowest BCUT2D eigenvalue weighted by molar-refractivity contribution is -0.175. The van der Waals surface area contributed by atoms with Crippen LogP contribution in [0.15, 0.2) is 0 Å². The second kappa shape index (κ2) is 5.36. The number of halogens is 3. The molecule has 1 saturated carbocycles. The summed E-state index contributed by atoms with van der Waals surface area (Å²) in [6.45, 7) is 6.42. The Morgan fingerprint density at radius 3 is 2.14 bits per heavy atom. The van der Waals surface area contributed by atoms with E-state index < -0.39 is 17.7 Å². The fraction of sp³-hybridized carbons (Fsp3) is 0.933. The van der Waals surface area contributed by atoms with Crippen molar-refractivity contribution in [2.75, 3.05) is 13.1 Å². The van der Waals surface area contributed by atoms with E-state index in [4.69, 9.17) is 4.74 Å². The highest BCUT2D eigenvalue weighted by atomic mass is 19.4. The summed E-state index contributed by atoms with van der Waals surface area (Å²) in [4.78, 5) is 13.6. The van der Waals surface area contributed by atoms with Gasteiger partial charge < -0.3 is 9.64 Å². The van der Waals surface area contributed by atoms with E-state index in [2.05, 4.69) is 0 Å². The third-order valence-corrected chi connectivity index (χ3v) is 4.64. The summed E-state index contributed by atoms with van der Waals surface area (Å²) < 4.78 is 43.7. The number of ether oxygens (including phenoxy) is 1. The van der Waals surface area contributed by atoms with Crippen molar-refractivity contribution < 1.29 is 22.7 Å². The van der Waals surface area contributed by atoms with Crippen LogP contribution in [-0.2, 0) is 4.74 Å². The Hall–Kier alpha value is -0.940. The second-order valence-electron chi connectivity index (χ2n) is 7.45. The van der Waals surface area contributed by atoms with Gasteiger partial charge in [-0.05, 0) is 58.3 Å². The Labute approximate surface area is 123 Å². The Morgan fingerprint density at radius 1 is 1.14 bits per heavy atom. The van der Waals surface area contributed by atoms with E-state index in [1.165, 1.54) is 0 Å². The number of piperidine rings is 1. The molecule has 2 fully saturated rings. The summed E-state index contributed by atoms with van der Waals surface area (Å²) in [5, 5.41) is 0. The Kier molecular flexibility index (Phi) is 4.19. The molecular formula is C15H24F3NO2. The number of likely N-dealkylation sites (tertiary alicyclic amines) is 1. The summed E-state index contributed by atoms with van der Waals surface area (Å²) in [6, 6.07) is 0. The van der Waals surface area contributed by atoms with Crippen LogP contribution < -0.4 is 0 Å². The number of hydrogen-bond donors (Lipinski definition) is 0. The van der Waals surface area contributed by atoms with Gasteiger partial charge in [-0.1, -0.05) is 0 Å². The van der Waals surface area contributed by atoms with Gasteiger partial charge >= 0.3 is 12.3 Å². The zero-order valence-corrected chi connectivity index (χ0v) is 12.9. The molecule has 1 aliphatic heterocycles. The van der Waals surface area contributed by atoms with Crippen LogP contribution in [0.3, 0.4) is 0 Å². The molecule has 0 aromatic rings. The van der Waals surface area contributed by atoms with Gasteiger partial charge in [-0.3, -0.25) is 0 Å². The van der Waals surface area contributed by atoms with Crippen LogP contribution in [-0.4, -0.2) is 35.9 Å². The van der Waals surface area contributed by atoms with Crippen LogP contribution in [0.4, 0.5) is 18.0 Å². The smallest absolute Gasteiger partial charge is 0.410 e. The van der Waals surface area contributed by atoms with Gasteiger partial charge in [0.2, 0.25) is 0 Å². The first-order valence-electron chi connectivity index (χ1n) is 7.55. The van der Waals surface area contributed by atoms with Gasteiger partial charge in [0.1, 0.15) is 5.60 Å². The molecule has 0 radical (unpaired) electrons. The normalized spacial score (nSPS) is 26.2. The third-order valence-electron chi connectivity index (χ3n) is 4.64. The number of alkyl halides is 3. The largest absolute Gasteiger partial charge is 0.444 e. The van der Waals surface area contributed by atoms with Gasteiger partial charge in [-0.2, -0.15) is 13.2 Å². The third kappa shape index (κ3) is 4.04. The van der Waals surface area contributed by atoms with E-state index >= 15 is 0 Å². The predicted octanol–water partition coefficient (Wildman–Crippen LogP) is 4.37. The SMILES string of the molecule is CC(C)(C)OC(=O)N1CCC2(CCC(C(F)(F)F)C2)CC1. The van der Waals surface area contributed by atoms with E-state index in [9.17, 15) is 18.0 Å². The molecule has 1 atom stereocenters. The van der Waals surface area contributed by atoms with Crippen molar-refractivity contribution in [1.29, 1.82) is 0 Å². The van der Waals surface area contributed by atoms with E-state index in [-0.39, 0.29) is 24.3 Å². The minimum absolute atomic E-state index is 0.221. The molecule has 1 aliphatic carbocycles. The van der Waals surface area contributed by atoms with Crippen molar-refractivity contribution in [1.82, 2.24) is 4.90 Å². The molecule has 122 valence electrons. The predicted molar refractivity (Wildman–Crippen MR) is 72.9 cm³/mol. The molecule has 1 heterocycles. The highest BCUT2D eigenvalue weighted by Gasteiger charge is 2.51. The molecule has 3 nitrogen and oxygen atoms in total. The van der Waals surface area contributed by atoms with Crippen molar-refractivity contribution in [3.05, 3.63) is 0 Å². The Bertz CT molecular complexity index is 393. The van der Waals surface area contributed by atoms with Crippen LogP contribution >= 0.6 is 0 Å². The maximum Gasteiger partial charge on any atom is 0.410 e. The molecule has 1 spiro atoms. The molecule has 0 N–H and O–H groups in total. The van der Waals surface area contributed by atoms with Gasteiger partial charge in [-0.25, -0.2) is 4.79 Å². The molecule has 0 aromatic carbocycles. The first kappa shape index (κ1) is 16.4. The van der Waals surface area contributed by atoms with Gasteiger partial charge in [0.15, 0.2) is 0 Å². The van der Waals surface area contributed by atoms with Gasteiger partial charge in [0, 0.05) is 13.1 Å². The minimum atomic E-state index is -4.08. The summed E-state index contributed by atoms with van der Waals surface area (Å²) in [7, 11) is 0. The van der Waals surface area contributed by atoms with Crippen LogP contribution in [0.25, 0.3) is 0 Å². The minimum Gasteiger partial charge on any atom is -0.444 e. The van der Waals surface area contributed by atoms with Crippen molar-refractivity contribution in [2.24, 2.45) is 11.3 Å². The van der Waals surface area contributed by atoms with E-state index in [0.717, 1.165) is 0 Å². The van der Waals surface area contributed by atoms with Crippen molar-refractivity contribution in [2.45, 2.75) is 64.7 Å². The first-order chi connectivity index (χ1) is 9.51. The Balaban J connectivity index is 1.88. The standard InChI is InChI=1S/C15H24F3NO2/c1-13(2,3)21-12(20)19-8-6-14(7-9-19)5-4-11(10-14)15(16,17)18/h11H,4-10H2,1-3H3. The number of carbonyl (C=O) groups excluding carboxylic acids is 1. The molecule has 0 aromatic heterocycles. The van der Waals surface area contributed by atoms with Crippen LogP contribution in [0.5, 0.6) is 0 Å². The lowest BCUT2D eigenvalue weighted by Gasteiger charge is -2.40. The monoisotopic (exact) mass is 307 g/mol. The number of carbonyl (C=O) groups is 1. The van der Waals surface area contributed by atoms with Crippen LogP contribution in [0, 0.1) is 11.3 Å².